The van der Waals surface area contributed by atoms with Crippen molar-refractivity contribution in [3.8, 4) is 0 Å². The van der Waals surface area contributed by atoms with Crippen molar-refractivity contribution in [2.45, 2.75) is 44.7 Å². The fraction of sp³-hybridized carbons (Fsp3) is 0.667. The van der Waals surface area contributed by atoms with Crippen molar-refractivity contribution >= 4 is 5.82 Å². The molecule has 0 aromatic carbocycles. The highest BCUT2D eigenvalue weighted by molar-refractivity contribution is 5.37. The molecule has 1 aliphatic rings. The molecule has 1 aliphatic carbocycles. The Morgan fingerprint density at radius 2 is 2.00 bits per heavy atom. The molecule has 1 heterocycles. The lowest BCUT2D eigenvalue weighted by Gasteiger charge is -2.31. The Labute approximate surface area is 96.9 Å². The van der Waals surface area contributed by atoms with E-state index < -0.39 is 0 Å². The van der Waals surface area contributed by atoms with E-state index in [1.54, 1.807) is 0 Å². The van der Waals surface area contributed by atoms with E-state index in [4.69, 9.17) is 5.73 Å². The second-order valence-electron chi connectivity index (χ2n) is 4.49. The van der Waals surface area contributed by atoms with Crippen molar-refractivity contribution in [2.75, 3.05) is 11.9 Å². The molecule has 1 saturated carbocycles. The van der Waals surface area contributed by atoms with Crippen molar-refractivity contribution in [3.05, 3.63) is 17.8 Å². The van der Waals surface area contributed by atoms with Crippen LogP contribution in [-0.4, -0.2) is 23.3 Å². The highest BCUT2D eigenvalue weighted by Gasteiger charge is 2.19. The molecule has 0 radical (unpaired) electrons. The molecular formula is C12H20N4. The van der Waals surface area contributed by atoms with E-state index in [0.717, 1.165) is 11.5 Å². The summed E-state index contributed by atoms with van der Waals surface area (Å²) in [6.07, 6.45) is 6.60. The first kappa shape index (κ1) is 11.3. The predicted molar refractivity (Wildman–Crippen MR) is 65.2 cm³/mol. The van der Waals surface area contributed by atoms with Crippen LogP contribution in [0.2, 0.25) is 0 Å². The summed E-state index contributed by atoms with van der Waals surface area (Å²) in [5, 5.41) is 8.32. The smallest absolute Gasteiger partial charge is 0.151 e. The summed E-state index contributed by atoms with van der Waals surface area (Å²) in [7, 11) is 2.11. The van der Waals surface area contributed by atoms with E-state index in [-0.39, 0.29) is 0 Å². The normalized spacial score (nSPS) is 17.4. The maximum absolute atomic E-state index is 5.50. The van der Waals surface area contributed by atoms with E-state index in [2.05, 4.69) is 22.1 Å². The summed E-state index contributed by atoms with van der Waals surface area (Å²) in [4.78, 5) is 2.26. The topological polar surface area (TPSA) is 55.0 Å². The first-order valence-corrected chi connectivity index (χ1v) is 6.07. The molecule has 4 heteroatoms. The van der Waals surface area contributed by atoms with Gasteiger partial charge in [0.2, 0.25) is 0 Å². The zero-order chi connectivity index (χ0) is 11.4. The fourth-order valence-electron chi connectivity index (χ4n) is 2.31. The van der Waals surface area contributed by atoms with E-state index in [0.29, 0.717) is 12.6 Å². The monoisotopic (exact) mass is 220 g/mol. The summed E-state index contributed by atoms with van der Waals surface area (Å²) in [5.74, 6) is 0.962. The SMILES string of the molecule is CN(c1ccc(CN)nn1)C1CCCCC1. The predicted octanol–water partition coefficient (Wildman–Crippen LogP) is 1.70. The van der Waals surface area contributed by atoms with Crippen LogP contribution in [0.5, 0.6) is 0 Å². The number of hydrogen-bond acceptors (Lipinski definition) is 4. The zero-order valence-electron chi connectivity index (χ0n) is 9.89. The van der Waals surface area contributed by atoms with E-state index in [1.807, 2.05) is 12.1 Å². The molecule has 16 heavy (non-hydrogen) atoms. The molecule has 4 nitrogen and oxygen atoms in total. The van der Waals surface area contributed by atoms with Crippen molar-refractivity contribution in [2.24, 2.45) is 5.73 Å². The van der Waals surface area contributed by atoms with Gasteiger partial charge in [-0.05, 0) is 25.0 Å². The van der Waals surface area contributed by atoms with Crippen LogP contribution in [0, 0.1) is 0 Å². The van der Waals surface area contributed by atoms with Gasteiger partial charge in [0.15, 0.2) is 5.82 Å². The first-order chi connectivity index (χ1) is 7.81. The zero-order valence-corrected chi connectivity index (χ0v) is 9.89. The lowest BCUT2D eigenvalue weighted by atomic mass is 9.94. The average molecular weight is 220 g/mol. The van der Waals surface area contributed by atoms with Gasteiger partial charge in [0.1, 0.15) is 0 Å². The Bertz CT molecular complexity index is 316. The van der Waals surface area contributed by atoms with Crippen LogP contribution in [0.3, 0.4) is 0 Å². The molecule has 2 N–H and O–H groups in total. The minimum Gasteiger partial charge on any atom is -0.355 e. The summed E-state index contributed by atoms with van der Waals surface area (Å²) < 4.78 is 0. The lowest BCUT2D eigenvalue weighted by molar-refractivity contribution is 0.425. The quantitative estimate of drug-likeness (QED) is 0.842. The fourth-order valence-corrected chi connectivity index (χ4v) is 2.31. The van der Waals surface area contributed by atoms with Gasteiger partial charge < -0.3 is 10.6 Å². The van der Waals surface area contributed by atoms with Crippen LogP contribution in [0.1, 0.15) is 37.8 Å². The second kappa shape index (κ2) is 5.25. The van der Waals surface area contributed by atoms with Gasteiger partial charge in [-0.2, -0.15) is 5.10 Å². The third-order valence-electron chi connectivity index (χ3n) is 3.40. The van der Waals surface area contributed by atoms with Crippen molar-refractivity contribution in [3.63, 3.8) is 0 Å². The third-order valence-corrected chi connectivity index (χ3v) is 3.40. The third kappa shape index (κ3) is 2.50. The van der Waals surface area contributed by atoms with Gasteiger partial charge in [-0.25, -0.2) is 0 Å². The lowest BCUT2D eigenvalue weighted by Crippen LogP contribution is -2.34. The second-order valence-corrected chi connectivity index (χ2v) is 4.49. The van der Waals surface area contributed by atoms with Gasteiger partial charge in [0.05, 0.1) is 5.69 Å². The van der Waals surface area contributed by atoms with Crippen LogP contribution < -0.4 is 10.6 Å². The number of nitrogens with two attached hydrogens (primary N) is 1. The number of nitrogens with zero attached hydrogens (tertiary/aromatic N) is 3. The van der Waals surface area contributed by atoms with Crippen LogP contribution in [0.15, 0.2) is 12.1 Å². The van der Waals surface area contributed by atoms with Crippen molar-refractivity contribution < 1.29 is 0 Å². The maximum Gasteiger partial charge on any atom is 0.151 e. The molecule has 0 aliphatic heterocycles. The Morgan fingerprint density at radius 1 is 1.25 bits per heavy atom. The summed E-state index contributed by atoms with van der Waals surface area (Å²) >= 11 is 0. The molecular weight excluding hydrogens is 200 g/mol. The highest BCUT2D eigenvalue weighted by atomic mass is 15.3. The van der Waals surface area contributed by atoms with E-state index in [1.165, 1.54) is 32.1 Å². The van der Waals surface area contributed by atoms with Crippen molar-refractivity contribution in [1.29, 1.82) is 0 Å². The summed E-state index contributed by atoms with van der Waals surface area (Å²) in [6, 6.07) is 4.61. The van der Waals surface area contributed by atoms with E-state index in [9.17, 15) is 0 Å². The first-order valence-electron chi connectivity index (χ1n) is 6.07. The maximum atomic E-state index is 5.50. The minimum absolute atomic E-state index is 0.459. The highest BCUT2D eigenvalue weighted by Crippen LogP contribution is 2.24. The Morgan fingerprint density at radius 3 is 2.56 bits per heavy atom. The largest absolute Gasteiger partial charge is 0.355 e. The Hall–Kier alpha value is -1.16. The molecule has 0 spiro atoms. The molecule has 0 saturated heterocycles. The molecule has 2 rings (SSSR count). The average Bonchev–Trinajstić information content (AvgIpc) is 2.39. The van der Waals surface area contributed by atoms with E-state index >= 15 is 0 Å². The Kier molecular flexibility index (Phi) is 3.72. The standard InChI is InChI=1S/C12H20N4/c1-16(11-5-3-2-4-6-11)12-8-7-10(9-13)14-15-12/h7-8,11H,2-6,9,13H2,1H3. The molecule has 1 aromatic rings. The number of rotatable bonds is 3. The molecule has 88 valence electrons. The van der Waals surface area contributed by atoms with Gasteiger partial charge in [-0.15, -0.1) is 5.10 Å². The molecule has 0 atom stereocenters. The molecule has 0 bridgehead atoms. The van der Waals surface area contributed by atoms with Crippen molar-refractivity contribution in [1.82, 2.24) is 10.2 Å². The van der Waals surface area contributed by atoms with Gasteiger partial charge >= 0.3 is 0 Å². The van der Waals surface area contributed by atoms with Crippen LogP contribution in [0.25, 0.3) is 0 Å². The number of aromatic nitrogens is 2. The summed E-state index contributed by atoms with van der Waals surface area (Å²) in [6.45, 7) is 0.459. The van der Waals surface area contributed by atoms with Gasteiger partial charge in [-0.3, -0.25) is 0 Å². The van der Waals surface area contributed by atoms with Gasteiger partial charge in [0, 0.05) is 19.6 Å². The Balaban J connectivity index is 2.04. The summed E-state index contributed by atoms with van der Waals surface area (Å²) in [5.41, 5.74) is 6.35. The minimum atomic E-state index is 0.459. The molecule has 1 fully saturated rings. The molecule has 1 aromatic heterocycles. The molecule has 0 amide bonds. The van der Waals surface area contributed by atoms with Crippen LogP contribution in [0.4, 0.5) is 5.82 Å². The van der Waals surface area contributed by atoms with Crippen LogP contribution >= 0.6 is 0 Å². The molecule has 0 unspecified atom stereocenters. The number of hydrogen-bond donors (Lipinski definition) is 1. The van der Waals surface area contributed by atoms with Gasteiger partial charge in [-0.1, -0.05) is 19.3 Å². The number of anilines is 1. The van der Waals surface area contributed by atoms with Crippen LogP contribution in [-0.2, 0) is 6.54 Å². The van der Waals surface area contributed by atoms with Gasteiger partial charge in [0.25, 0.3) is 0 Å².